The van der Waals surface area contributed by atoms with Crippen molar-refractivity contribution in [3.8, 4) is 0 Å². The minimum Gasteiger partial charge on any atom is -0.330 e. The molecule has 0 spiro atoms. The molecule has 0 heterocycles. The maximum Gasteiger partial charge on any atom is 0.00140 e. The molecule has 1 nitrogen and oxygen atoms in total. The van der Waals surface area contributed by atoms with Gasteiger partial charge in [0.2, 0.25) is 0 Å². The monoisotopic (exact) mass is 117 g/mol. The van der Waals surface area contributed by atoms with Crippen molar-refractivity contribution < 1.29 is 0 Å². The van der Waals surface area contributed by atoms with Crippen LogP contribution < -0.4 is 5.73 Å². The summed E-state index contributed by atoms with van der Waals surface area (Å²) in [4.78, 5) is 0. The fraction of sp³-hybridized carbons (Fsp3) is 1.00. The third-order valence-electron chi connectivity index (χ3n) is 1.76. The van der Waals surface area contributed by atoms with Crippen molar-refractivity contribution in [2.75, 3.05) is 6.54 Å². The van der Waals surface area contributed by atoms with Gasteiger partial charge >= 0.3 is 0 Å². The van der Waals surface area contributed by atoms with Gasteiger partial charge in [-0.15, -0.1) is 9.24 Å². The zero-order valence-corrected chi connectivity index (χ0v) is 5.64. The highest BCUT2D eigenvalue weighted by molar-refractivity contribution is 7.19. The van der Waals surface area contributed by atoms with Crippen LogP contribution in [-0.2, 0) is 0 Å². The lowest BCUT2D eigenvalue weighted by Crippen LogP contribution is -2.37. The van der Waals surface area contributed by atoms with Crippen molar-refractivity contribution in [2.45, 2.75) is 24.4 Å². The third kappa shape index (κ3) is 0.949. The summed E-state index contributed by atoms with van der Waals surface area (Å²) in [6.07, 6.45) is 4.00. The fourth-order valence-electron chi connectivity index (χ4n) is 0.835. The number of hydrogen-bond donors (Lipinski definition) is 1. The van der Waals surface area contributed by atoms with Gasteiger partial charge in [-0.25, -0.2) is 0 Å². The van der Waals surface area contributed by atoms with Crippen LogP contribution in [0, 0.1) is 0 Å². The minimum absolute atomic E-state index is 0.458. The van der Waals surface area contributed by atoms with E-state index in [4.69, 9.17) is 5.73 Å². The van der Waals surface area contributed by atoms with E-state index < -0.39 is 0 Å². The fourth-order valence-corrected chi connectivity index (χ4v) is 1.24. The standard InChI is InChI=1S/C5H12NP/c6-4-5(7)2-1-3-5/h1-4,6-7H2. The highest BCUT2D eigenvalue weighted by Crippen LogP contribution is 2.38. The van der Waals surface area contributed by atoms with E-state index in [-0.39, 0.29) is 0 Å². The van der Waals surface area contributed by atoms with E-state index >= 15 is 0 Å². The molecule has 0 bridgehead atoms. The predicted molar refractivity (Wildman–Crippen MR) is 35.3 cm³/mol. The molecule has 1 aliphatic rings. The van der Waals surface area contributed by atoms with Gasteiger partial charge in [0, 0.05) is 6.54 Å². The van der Waals surface area contributed by atoms with Crippen LogP contribution in [0.4, 0.5) is 0 Å². The molecular weight excluding hydrogens is 105 g/mol. The van der Waals surface area contributed by atoms with Crippen LogP contribution in [0.3, 0.4) is 0 Å². The van der Waals surface area contributed by atoms with Crippen molar-refractivity contribution in [2.24, 2.45) is 5.73 Å². The summed E-state index contributed by atoms with van der Waals surface area (Å²) >= 11 is 0. The average Bonchev–Trinajstić information content (AvgIpc) is 1.61. The van der Waals surface area contributed by atoms with Gasteiger partial charge in [0.1, 0.15) is 0 Å². The molecule has 7 heavy (non-hydrogen) atoms. The summed E-state index contributed by atoms with van der Waals surface area (Å²) in [5, 5.41) is 0.458. The van der Waals surface area contributed by atoms with Crippen LogP contribution in [0.1, 0.15) is 19.3 Å². The lowest BCUT2D eigenvalue weighted by Gasteiger charge is -2.36. The predicted octanol–water partition coefficient (Wildman–Crippen LogP) is 0.743. The Kier molecular flexibility index (Phi) is 1.36. The molecule has 0 aromatic heterocycles. The molecule has 2 heteroatoms. The Labute approximate surface area is 46.9 Å². The normalized spacial score (nSPS) is 26.6. The molecule has 0 amide bonds. The number of hydrogen-bond acceptors (Lipinski definition) is 1. The smallest absolute Gasteiger partial charge is 0.00140 e. The van der Waals surface area contributed by atoms with Gasteiger partial charge in [0.15, 0.2) is 0 Å². The van der Waals surface area contributed by atoms with Gasteiger partial charge in [-0.05, 0) is 18.0 Å². The number of nitrogens with two attached hydrogens (primary N) is 1. The molecule has 1 atom stereocenters. The first-order valence-corrected chi connectivity index (χ1v) is 3.33. The molecule has 1 saturated carbocycles. The molecule has 0 saturated heterocycles. The van der Waals surface area contributed by atoms with Crippen molar-refractivity contribution >= 4 is 9.24 Å². The Balaban J connectivity index is 2.29. The second-order valence-electron chi connectivity index (χ2n) is 2.42. The number of rotatable bonds is 1. The lowest BCUT2D eigenvalue weighted by atomic mass is 9.84. The van der Waals surface area contributed by atoms with Crippen LogP contribution in [-0.4, -0.2) is 11.7 Å². The topological polar surface area (TPSA) is 26.0 Å². The molecule has 0 aromatic rings. The van der Waals surface area contributed by atoms with E-state index in [1.54, 1.807) is 0 Å². The van der Waals surface area contributed by atoms with Gasteiger partial charge in [-0.3, -0.25) is 0 Å². The van der Waals surface area contributed by atoms with Gasteiger partial charge in [-0.2, -0.15) is 0 Å². The van der Waals surface area contributed by atoms with Crippen LogP contribution >= 0.6 is 9.24 Å². The van der Waals surface area contributed by atoms with Crippen molar-refractivity contribution in [1.29, 1.82) is 0 Å². The molecule has 42 valence electrons. The highest BCUT2D eigenvalue weighted by atomic mass is 31.0. The molecule has 1 aliphatic carbocycles. The maximum atomic E-state index is 5.45. The zero-order chi connectivity index (χ0) is 5.33. The molecule has 2 N–H and O–H groups in total. The maximum absolute atomic E-state index is 5.45. The van der Waals surface area contributed by atoms with Gasteiger partial charge in [0.05, 0.1) is 0 Å². The van der Waals surface area contributed by atoms with Crippen LogP contribution in [0.25, 0.3) is 0 Å². The van der Waals surface area contributed by atoms with E-state index in [9.17, 15) is 0 Å². The summed E-state index contributed by atoms with van der Waals surface area (Å²) in [7, 11) is 2.83. The van der Waals surface area contributed by atoms with E-state index in [0.717, 1.165) is 6.54 Å². The Morgan fingerprint density at radius 2 is 2.14 bits per heavy atom. The van der Waals surface area contributed by atoms with E-state index in [1.807, 2.05) is 0 Å². The van der Waals surface area contributed by atoms with Gasteiger partial charge in [0.25, 0.3) is 0 Å². The Hall–Kier alpha value is 0.390. The van der Waals surface area contributed by atoms with Gasteiger partial charge < -0.3 is 5.73 Å². The van der Waals surface area contributed by atoms with Crippen molar-refractivity contribution in [3.05, 3.63) is 0 Å². The van der Waals surface area contributed by atoms with Gasteiger partial charge in [-0.1, -0.05) is 6.42 Å². The average molecular weight is 117 g/mol. The molecular formula is C5H12NP. The molecule has 1 rings (SSSR count). The Bertz CT molecular complexity index is 63.0. The second-order valence-corrected chi connectivity index (χ2v) is 3.64. The third-order valence-corrected chi connectivity index (χ3v) is 2.57. The van der Waals surface area contributed by atoms with Crippen molar-refractivity contribution in [1.82, 2.24) is 0 Å². The molecule has 0 radical (unpaired) electrons. The van der Waals surface area contributed by atoms with E-state index in [0.29, 0.717) is 5.16 Å². The quantitative estimate of drug-likeness (QED) is 0.504. The first-order chi connectivity index (χ1) is 3.27. The van der Waals surface area contributed by atoms with Crippen molar-refractivity contribution in [3.63, 3.8) is 0 Å². The molecule has 0 aliphatic heterocycles. The summed E-state index contributed by atoms with van der Waals surface area (Å²) in [5.41, 5.74) is 5.45. The van der Waals surface area contributed by atoms with E-state index in [2.05, 4.69) is 9.24 Å². The van der Waals surface area contributed by atoms with E-state index in [1.165, 1.54) is 19.3 Å². The summed E-state index contributed by atoms with van der Waals surface area (Å²) in [5.74, 6) is 0. The second kappa shape index (κ2) is 1.72. The lowest BCUT2D eigenvalue weighted by molar-refractivity contribution is 0.370. The first-order valence-electron chi connectivity index (χ1n) is 2.76. The first kappa shape index (κ1) is 5.53. The SMILES string of the molecule is NCC1(P)CCC1. The highest BCUT2D eigenvalue weighted by Gasteiger charge is 2.29. The summed E-state index contributed by atoms with van der Waals surface area (Å²) in [6.45, 7) is 0.845. The Morgan fingerprint density at radius 1 is 1.57 bits per heavy atom. The largest absolute Gasteiger partial charge is 0.330 e. The minimum atomic E-state index is 0.458. The van der Waals surface area contributed by atoms with Crippen LogP contribution in [0.2, 0.25) is 0 Å². The molecule has 0 aromatic carbocycles. The summed E-state index contributed by atoms with van der Waals surface area (Å²) < 4.78 is 0. The van der Waals surface area contributed by atoms with Crippen LogP contribution in [0.5, 0.6) is 0 Å². The Morgan fingerprint density at radius 3 is 2.14 bits per heavy atom. The molecule has 1 unspecified atom stereocenters. The summed E-state index contributed by atoms with van der Waals surface area (Å²) in [6, 6.07) is 0. The van der Waals surface area contributed by atoms with Crippen LogP contribution in [0.15, 0.2) is 0 Å². The molecule has 1 fully saturated rings. The zero-order valence-electron chi connectivity index (χ0n) is 4.48.